The molecule has 2 aromatic rings. The van der Waals surface area contributed by atoms with E-state index in [1.807, 2.05) is 0 Å². The van der Waals surface area contributed by atoms with Crippen molar-refractivity contribution in [2.45, 2.75) is 32.2 Å². The Labute approximate surface area is 120 Å². The van der Waals surface area contributed by atoms with Crippen molar-refractivity contribution in [2.75, 3.05) is 0 Å². The van der Waals surface area contributed by atoms with E-state index in [1.54, 1.807) is 12.1 Å². The zero-order chi connectivity index (χ0) is 14.1. The highest BCUT2D eigenvalue weighted by Crippen LogP contribution is 2.28. The molecule has 20 heavy (non-hydrogen) atoms. The van der Waals surface area contributed by atoms with Crippen LogP contribution in [0, 0.1) is 11.7 Å². The first-order valence-electron chi connectivity index (χ1n) is 6.63. The molecule has 106 valence electrons. The molecule has 4 nitrogen and oxygen atoms in total. The minimum atomic E-state index is -0.487. The molecule has 1 aromatic carbocycles. The van der Waals surface area contributed by atoms with Gasteiger partial charge in [-0.1, -0.05) is 29.2 Å². The van der Waals surface area contributed by atoms with Gasteiger partial charge in [0.05, 0.1) is 0 Å². The van der Waals surface area contributed by atoms with Crippen molar-refractivity contribution in [3.05, 3.63) is 51.0 Å². The summed E-state index contributed by atoms with van der Waals surface area (Å²) in [6.07, 6.45) is 3.57. The Morgan fingerprint density at radius 2 is 2.25 bits per heavy atom. The van der Waals surface area contributed by atoms with Crippen molar-refractivity contribution in [1.82, 2.24) is 9.72 Å². The highest BCUT2D eigenvalue weighted by Gasteiger charge is 2.22. The zero-order valence-corrected chi connectivity index (χ0v) is 11.6. The summed E-state index contributed by atoms with van der Waals surface area (Å²) in [6, 6.07) is 4.51. The number of benzene rings is 1. The van der Waals surface area contributed by atoms with Crippen molar-refractivity contribution in [2.24, 2.45) is 5.92 Å². The molecule has 0 radical (unpaired) electrons. The van der Waals surface area contributed by atoms with E-state index in [0.29, 0.717) is 28.9 Å². The van der Waals surface area contributed by atoms with Gasteiger partial charge in [0, 0.05) is 23.6 Å². The largest absolute Gasteiger partial charge is 0.441 e. The van der Waals surface area contributed by atoms with Crippen LogP contribution in [0.15, 0.2) is 27.5 Å². The van der Waals surface area contributed by atoms with E-state index in [0.717, 1.165) is 12.8 Å². The number of aromatic nitrogens is 2. The summed E-state index contributed by atoms with van der Waals surface area (Å²) in [6.45, 7) is 0.587. The summed E-state index contributed by atoms with van der Waals surface area (Å²) in [5.41, 5.74) is 0.338. The summed E-state index contributed by atoms with van der Waals surface area (Å²) in [4.78, 5) is 11.7. The van der Waals surface area contributed by atoms with Crippen molar-refractivity contribution in [3.63, 3.8) is 0 Å². The summed E-state index contributed by atoms with van der Waals surface area (Å²) in [5.74, 6) is 0.0262. The molecule has 1 aliphatic rings. The maximum absolute atomic E-state index is 13.8. The number of nitrogens with zero attached hydrogens (tertiary/aromatic N) is 2. The first-order valence-corrected chi connectivity index (χ1v) is 7.01. The van der Waals surface area contributed by atoms with Gasteiger partial charge >= 0.3 is 5.76 Å². The summed E-state index contributed by atoms with van der Waals surface area (Å²) < 4.78 is 20.0. The lowest BCUT2D eigenvalue weighted by molar-refractivity contribution is 0.265. The van der Waals surface area contributed by atoms with Crippen LogP contribution in [0.2, 0.25) is 5.02 Å². The molecule has 0 saturated heterocycles. The van der Waals surface area contributed by atoms with Crippen LogP contribution < -0.4 is 5.76 Å². The fraction of sp³-hybridized carbons (Fsp3) is 0.429. The van der Waals surface area contributed by atoms with E-state index < -0.39 is 11.6 Å². The molecule has 0 unspecified atom stereocenters. The maximum Gasteiger partial charge on any atom is 0.441 e. The first-order chi connectivity index (χ1) is 9.65. The normalized spacial score (nSPS) is 15.3. The molecule has 0 bridgehead atoms. The Hall–Kier alpha value is -1.62. The summed E-state index contributed by atoms with van der Waals surface area (Å²) in [7, 11) is 0. The van der Waals surface area contributed by atoms with E-state index in [9.17, 15) is 9.18 Å². The predicted molar refractivity (Wildman–Crippen MR) is 72.3 cm³/mol. The van der Waals surface area contributed by atoms with Gasteiger partial charge in [0.25, 0.3) is 0 Å². The quantitative estimate of drug-likeness (QED) is 0.871. The third kappa shape index (κ3) is 2.50. The molecule has 6 heteroatoms. The lowest BCUT2D eigenvalue weighted by Gasteiger charge is -2.25. The third-order valence-electron chi connectivity index (χ3n) is 3.82. The van der Waals surface area contributed by atoms with Crippen LogP contribution in [0.3, 0.4) is 0 Å². The van der Waals surface area contributed by atoms with Gasteiger partial charge in [-0.15, -0.1) is 0 Å². The molecule has 0 aliphatic heterocycles. The molecule has 1 aromatic heterocycles. The topological polar surface area (TPSA) is 48.0 Å². The number of hydrogen-bond donors (Lipinski definition) is 0. The van der Waals surface area contributed by atoms with Crippen LogP contribution in [-0.2, 0) is 13.0 Å². The minimum absolute atomic E-state index is 0.157. The van der Waals surface area contributed by atoms with Crippen LogP contribution in [0.1, 0.15) is 30.7 Å². The summed E-state index contributed by atoms with van der Waals surface area (Å²) >= 11 is 6.00. The predicted octanol–water partition coefficient (Wildman–Crippen LogP) is 3.02. The molecular weight excluding hydrogens is 283 g/mol. The smallest absolute Gasteiger partial charge is 0.296 e. The number of rotatable bonds is 4. The number of halogens is 2. The Balaban J connectivity index is 1.89. The van der Waals surface area contributed by atoms with Gasteiger partial charge < -0.3 is 0 Å². The van der Waals surface area contributed by atoms with Gasteiger partial charge in [-0.3, -0.25) is 9.09 Å². The van der Waals surface area contributed by atoms with Crippen LogP contribution in [0.25, 0.3) is 0 Å². The highest BCUT2D eigenvalue weighted by molar-refractivity contribution is 6.31. The molecule has 0 N–H and O–H groups in total. The fourth-order valence-electron chi connectivity index (χ4n) is 2.40. The van der Waals surface area contributed by atoms with E-state index >= 15 is 0 Å². The maximum atomic E-state index is 13.8. The van der Waals surface area contributed by atoms with Gasteiger partial charge in [0.1, 0.15) is 5.82 Å². The molecule has 0 atom stereocenters. The van der Waals surface area contributed by atoms with Gasteiger partial charge in [0.15, 0.2) is 5.82 Å². The van der Waals surface area contributed by atoms with Crippen LogP contribution in [-0.4, -0.2) is 9.72 Å². The molecule has 1 saturated carbocycles. The summed E-state index contributed by atoms with van der Waals surface area (Å²) in [5, 5.41) is 4.08. The second kappa shape index (κ2) is 5.40. The zero-order valence-electron chi connectivity index (χ0n) is 10.8. The van der Waals surface area contributed by atoms with Gasteiger partial charge in [-0.25, -0.2) is 9.18 Å². The van der Waals surface area contributed by atoms with Crippen LogP contribution >= 0.6 is 11.6 Å². The molecule has 0 amide bonds. The fourth-order valence-corrected chi connectivity index (χ4v) is 2.63. The number of hydrogen-bond acceptors (Lipinski definition) is 3. The van der Waals surface area contributed by atoms with Crippen LogP contribution in [0.4, 0.5) is 4.39 Å². The molecule has 1 fully saturated rings. The van der Waals surface area contributed by atoms with Crippen LogP contribution in [0.5, 0.6) is 0 Å². The van der Waals surface area contributed by atoms with Crippen molar-refractivity contribution >= 4 is 11.6 Å². The Kier molecular flexibility index (Phi) is 3.61. The molecule has 1 heterocycles. The molecule has 0 spiro atoms. The van der Waals surface area contributed by atoms with E-state index in [-0.39, 0.29) is 6.42 Å². The van der Waals surface area contributed by atoms with Gasteiger partial charge in [0.2, 0.25) is 0 Å². The standard InChI is InChI=1S/C14H14ClFN2O2/c15-11-5-2-6-12(16)10(11)7-13-17-20-14(19)18(13)8-9-3-1-4-9/h2,5-6,9H,1,3-4,7-8H2. The molecular formula is C14H14ClFN2O2. The SMILES string of the molecule is O=c1onc(Cc2c(F)cccc2Cl)n1CC1CCC1. The molecule has 3 rings (SSSR count). The monoisotopic (exact) mass is 296 g/mol. The molecule has 1 aliphatic carbocycles. The van der Waals surface area contributed by atoms with E-state index in [1.165, 1.54) is 17.1 Å². The minimum Gasteiger partial charge on any atom is -0.296 e. The Bertz CT molecular complexity index is 656. The van der Waals surface area contributed by atoms with Crippen molar-refractivity contribution in [3.8, 4) is 0 Å². The Morgan fingerprint density at radius 1 is 1.45 bits per heavy atom. The third-order valence-corrected chi connectivity index (χ3v) is 4.18. The van der Waals surface area contributed by atoms with Crippen molar-refractivity contribution in [1.29, 1.82) is 0 Å². The Morgan fingerprint density at radius 3 is 2.90 bits per heavy atom. The second-order valence-corrected chi connectivity index (χ2v) is 5.56. The lowest BCUT2D eigenvalue weighted by atomic mass is 9.85. The van der Waals surface area contributed by atoms with E-state index in [4.69, 9.17) is 16.1 Å². The first kappa shape index (κ1) is 13.4. The highest BCUT2D eigenvalue weighted by atomic mass is 35.5. The van der Waals surface area contributed by atoms with Crippen molar-refractivity contribution < 1.29 is 8.91 Å². The van der Waals surface area contributed by atoms with Gasteiger partial charge in [-0.2, -0.15) is 0 Å². The van der Waals surface area contributed by atoms with E-state index in [2.05, 4.69) is 5.16 Å². The lowest BCUT2D eigenvalue weighted by Crippen LogP contribution is -2.26. The average Bonchev–Trinajstić information content (AvgIpc) is 2.70. The van der Waals surface area contributed by atoms with Gasteiger partial charge in [-0.05, 0) is 30.9 Å². The average molecular weight is 297 g/mol. The second-order valence-electron chi connectivity index (χ2n) is 5.15.